The van der Waals surface area contributed by atoms with Crippen LogP contribution in [0.3, 0.4) is 0 Å². The van der Waals surface area contributed by atoms with Crippen molar-refractivity contribution in [3.63, 3.8) is 0 Å². The lowest BCUT2D eigenvalue weighted by Gasteiger charge is -2.08. The van der Waals surface area contributed by atoms with Crippen LogP contribution in [0.4, 0.5) is 5.82 Å². The lowest BCUT2D eigenvalue weighted by atomic mass is 10.1. The fourth-order valence-corrected chi connectivity index (χ4v) is 1.74. The van der Waals surface area contributed by atoms with E-state index in [1.54, 1.807) is 10.6 Å². The van der Waals surface area contributed by atoms with E-state index in [2.05, 4.69) is 10.1 Å². The molecule has 0 unspecified atom stereocenters. The smallest absolute Gasteiger partial charge is 0.256 e. The first-order valence-corrected chi connectivity index (χ1v) is 4.88. The van der Waals surface area contributed by atoms with Gasteiger partial charge in [0.2, 0.25) is 0 Å². The second-order valence-corrected chi connectivity index (χ2v) is 3.99. The largest absolute Gasteiger partial charge is 0.383 e. The molecule has 0 fully saturated rings. The molecule has 0 aliphatic rings. The maximum absolute atomic E-state index is 11.7. The molecule has 2 aromatic rings. The third kappa shape index (κ3) is 1.40. The molecule has 0 atom stereocenters. The molecule has 0 aliphatic heterocycles. The molecule has 0 bridgehead atoms. The summed E-state index contributed by atoms with van der Waals surface area (Å²) < 4.78 is 1.58. The minimum atomic E-state index is -0.130. The number of hydrogen-bond donors (Lipinski definition) is 2. The zero-order chi connectivity index (χ0) is 11.2. The summed E-state index contributed by atoms with van der Waals surface area (Å²) in [6.07, 6.45) is 0. The van der Waals surface area contributed by atoms with E-state index in [1.807, 2.05) is 20.8 Å². The molecule has 0 spiro atoms. The van der Waals surface area contributed by atoms with Crippen molar-refractivity contribution in [3.05, 3.63) is 27.7 Å². The van der Waals surface area contributed by atoms with Crippen LogP contribution in [0.2, 0.25) is 0 Å². The molecule has 15 heavy (non-hydrogen) atoms. The van der Waals surface area contributed by atoms with Crippen LogP contribution >= 0.6 is 0 Å². The Morgan fingerprint density at radius 3 is 2.80 bits per heavy atom. The number of rotatable bonds is 1. The minimum absolute atomic E-state index is 0.0858. The van der Waals surface area contributed by atoms with E-state index < -0.39 is 0 Å². The molecule has 0 saturated carbocycles. The number of anilines is 1. The average molecular weight is 206 g/mol. The number of nitrogens with two attached hydrogens (primary N) is 1. The number of hydrogen-bond acceptors (Lipinski definition) is 3. The number of H-pyrrole nitrogens is 1. The van der Waals surface area contributed by atoms with Gasteiger partial charge in [0.15, 0.2) is 0 Å². The molecular formula is C10H14N4O. The number of aromatic nitrogens is 3. The molecule has 3 N–H and O–H groups in total. The Kier molecular flexibility index (Phi) is 2.03. The first-order chi connectivity index (χ1) is 7.00. The maximum atomic E-state index is 11.7. The molecule has 80 valence electrons. The van der Waals surface area contributed by atoms with Gasteiger partial charge in [0, 0.05) is 6.07 Å². The monoisotopic (exact) mass is 206 g/mol. The van der Waals surface area contributed by atoms with E-state index in [0.29, 0.717) is 17.0 Å². The second-order valence-electron chi connectivity index (χ2n) is 3.99. The summed E-state index contributed by atoms with van der Waals surface area (Å²) >= 11 is 0. The number of nitrogen functional groups attached to an aromatic ring is 1. The van der Waals surface area contributed by atoms with Gasteiger partial charge in [-0.1, -0.05) is 13.8 Å². The van der Waals surface area contributed by atoms with Crippen LogP contribution in [0, 0.1) is 6.92 Å². The Hall–Kier alpha value is -1.78. The molecule has 0 amide bonds. The summed E-state index contributed by atoms with van der Waals surface area (Å²) in [6, 6.07) is 1.79. The van der Waals surface area contributed by atoms with Crippen molar-refractivity contribution in [2.24, 2.45) is 0 Å². The molecule has 2 heterocycles. The van der Waals surface area contributed by atoms with Gasteiger partial charge >= 0.3 is 0 Å². The Balaban J connectivity index is 2.89. The zero-order valence-corrected chi connectivity index (χ0v) is 9.03. The predicted molar refractivity (Wildman–Crippen MR) is 59.1 cm³/mol. The second kappa shape index (κ2) is 3.12. The van der Waals surface area contributed by atoms with Crippen LogP contribution in [0.15, 0.2) is 10.9 Å². The predicted octanol–water partition coefficient (Wildman–Crippen LogP) is 1.04. The maximum Gasteiger partial charge on any atom is 0.256 e. The van der Waals surface area contributed by atoms with Crippen LogP contribution < -0.4 is 11.3 Å². The van der Waals surface area contributed by atoms with Gasteiger partial charge < -0.3 is 10.7 Å². The lowest BCUT2D eigenvalue weighted by molar-refractivity contribution is 0.813. The fourth-order valence-electron chi connectivity index (χ4n) is 1.74. The van der Waals surface area contributed by atoms with E-state index in [1.165, 1.54) is 0 Å². The van der Waals surface area contributed by atoms with Crippen molar-refractivity contribution in [1.82, 2.24) is 14.6 Å². The van der Waals surface area contributed by atoms with Crippen LogP contribution in [-0.2, 0) is 0 Å². The summed E-state index contributed by atoms with van der Waals surface area (Å²) in [4.78, 5) is 14.5. The highest BCUT2D eigenvalue weighted by Crippen LogP contribution is 2.17. The van der Waals surface area contributed by atoms with Gasteiger partial charge in [0.1, 0.15) is 11.5 Å². The van der Waals surface area contributed by atoms with Crippen molar-refractivity contribution in [2.45, 2.75) is 26.7 Å². The molecule has 2 rings (SSSR count). The fraction of sp³-hybridized carbons (Fsp3) is 0.400. The van der Waals surface area contributed by atoms with Crippen molar-refractivity contribution in [1.29, 1.82) is 0 Å². The molecule has 5 nitrogen and oxygen atoms in total. The van der Waals surface area contributed by atoms with Gasteiger partial charge in [-0.05, 0) is 12.8 Å². The van der Waals surface area contributed by atoms with Crippen molar-refractivity contribution in [3.8, 4) is 0 Å². The SMILES string of the molecule is Cc1cc2[nH]c(=O)c(C(C)C)c(N)n2n1. The van der Waals surface area contributed by atoms with Gasteiger partial charge in [-0.25, -0.2) is 4.52 Å². The molecule has 0 aromatic carbocycles. The van der Waals surface area contributed by atoms with Gasteiger partial charge in [0.25, 0.3) is 5.56 Å². The van der Waals surface area contributed by atoms with Gasteiger partial charge in [-0.2, -0.15) is 5.10 Å². The number of aromatic amines is 1. The topological polar surface area (TPSA) is 76.2 Å². The van der Waals surface area contributed by atoms with Gasteiger partial charge in [0.05, 0.1) is 11.3 Å². The highest BCUT2D eigenvalue weighted by atomic mass is 16.1. The van der Waals surface area contributed by atoms with Crippen LogP contribution in [0.5, 0.6) is 0 Å². The summed E-state index contributed by atoms with van der Waals surface area (Å²) in [7, 11) is 0. The molecule has 0 saturated heterocycles. The Bertz CT molecular complexity index is 565. The van der Waals surface area contributed by atoms with E-state index in [0.717, 1.165) is 5.69 Å². The highest BCUT2D eigenvalue weighted by Gasteiger charge is 2.14. The minimum Gasteiger partial charge on any atom is -0.383 e. The van der Waals surface area contributed by atoms with Crippen molar-refractivity contribution in [2.75, 3.05) is 5.73 Å². The number of nitrogens with zero attached hydrogens (tertiary/aromatic N) is 2. The van der Waals surface area contributed by atoms with E-state index in [4.69, 9.17) is 5.73 Å². The highest BCUT2D eigenvalue weighted by molar-refractivity contribution is 5.51. The van der Waals surface area contributed by atoms with Gasteiger partial charge in [-0.3, -0.25) is 4.79 Å². The molecule has 0 radical (unpaired) electrons. The lowest BCUT2D eigenvalue weighted by Crippen LogP contribution is -2.20. The molecule has 2 aromatic heterocycles. The quantitative estimate of drug-likeness (QED) is 0.731. The zero-order valence-electron chi connectivity index (χ0n) is 9.03. The van der Waals surface area contributed by atoms with Crippen molar-refractivity contribution < 1.29 is 0 Å². The van der Waals surface area contributed by atoms with Crippen molar-refractivity contribution >= 4 is 11.5 Å². The van der Waals surface area contributed by atoms with Crippen LogP contribution in [0.1, 0.15) is 31.0 Å². The normalized spacial score (nSPS) is 11.5. The number of nitrogens with one attached hydrogen (secondary N) is 1. The van der Waals surface area contributed by atoms with Crippen LogP contribution in [0.25, 0.3) is 5.65 Å². The van der Waals surface area contributed by atoms with E-state index >= 15 is 0 Å². The molecule has 5 heteroatoms. The first-order valence-electron chi connectivity index (χ1n) is 4.88. The molecular weight excluding hydrogens is 192 g/mol. The number of fused-ring (bicyclic) bond motifs is 1. The summed E-state index contributed by atoms with van der Waals surface area (Å²) in [5.41, 5.74) is 7.84. The average Bonchev–Trinajstić information content (AvgIpc) is 2.45. The Labute approximate surface area is 86.9 Å². The standard InChI is InChI=1S/C10H14N4O/c1-5(2)8-9(11)14-7(12-10(8)15)4-6(3)13-14/h4-5H,11H2,1-3H3,(H,12,15). The van der Waals surface area contributed by atoms with E-state index in [-0.39, 0.29) is 11.5 Å². The Morgan fingerprint density at radius 2 is 2.20 bits per heavy atom. The third-order valence-electron chi connectivity index (χ3n) is 2.40. The first kappa shape index (κ1) is 9.76. The Morgan fingerprint density at radius 1 is 1.53 bits per heavy atom. The van der Waals surface area contributed by atoms with Crippen LogP contribution in [-0.4, -0.2) is 14.6 Å². The molecule has 0 aliphatic carbocycles. The number of aryl methyl sites for hydroxylation is 1. The summed E-state index contributed by atoms with van der Waals surface area (Å²) in [6.45, 7) is 5.73. The summed E-state index contributed by atoms with van der Waals surface area (Å²) in [5.74, 6) is 0.513. The van der Waals surface area contributed by atoms with Gasteiger partial charge in [-0.15, -0.1) is 0 Å². The van der Waals surface area contributed by atoms with E-state index in [9.17, 15) is 4.79 Å². The summed E-state index contributed by atoms with van der Waals surface area (Å²) in [5, 5.41) is 4.22. The third-order valence-corrected chi connectivity index (χ3v) is 2.40.